The van der Waals surface area contributed by atoms with Gasteiger partial charge in [-0.15, -0.1) is 0 Å². The number of hydrogen-bond acceptors (Lipinski definition) is 10. The highest BCUT2D eigenvalue weighted by atomic mass is 35.5. The first-order valence-corrected chi connectivity index (χ1v) is 18.6. The first kappa shape index (κ1) is 37.5. The van der Waals surface area contributed by atoms with E-state index in [2.05, 4.69) is 30.1 Å². The van der Waals surface area contributed by atoms with E-state index in [1.807, 2.05) is 56.4 Å². The van der Waals surface area contributed by atoms with Gasteiger partial charge < -0.3 is 15.2 Å². The maximum absolute atomic E-state index is 14.0. The van der Waals surface area contributed by atoms with E-state index in [0.717, 1.165) is 61.0 Å². The van der Waals surface area contributed by atoms with Crippen LogP contribution in [0.3, 0.4) is 0 Å². The van der Waals surface area contributed by atoms with Crippen molar-refractivity contribution in [1.82, 2.24) is 34.7 Å². The fourth-order valence-electron chi connectivity index (χ4n) is 7.60. The number of benzene rings is 2. The molecular weight excluding hydrogens is 714 g/mol. The Morgan fingerprint density at radius 3 is 2.46 bits per heavy atom. The molecule has 282 valence electrons. The van der Waals surface area contributed by atoms with Gasteiger partial charge in [0.1, 0.15) is 11.2 Å². The Balaban J connectivity index is 1.14. The van der Waals surface area contributed by atoms with Gasteiger partial charge in [0.25, 0.3) is 6.43 Å². The van der Waals surface area contributed by atoms with Crippen molar-refractivity contribution in [2.75, 3.05) is 32.6 Å². The molecule has 2 aliphatic rings. The topological polar surface area (TPSA) is 129 Å². The number of anilines is 2. The molecule has 4 heterocycles. The molecule has 1 saturated carbocycles. The normalized spacial score (nSPS) is 17.8. The van der Waals surface area contributed by atoms with Gasteiger partial charge in [-0.25, -0.2) is 23.7 Å². The first-order valence-electron chi connectivity index (χ1n) is 18.3. The summed E-state index contributed by atoms with van der Waals surface area (Å²) in [6.07, 6.45) is 5.84. The standard InChI is InChI=1S/C40H43ClF2N8O3/c1-23-27(8-7-11-30(23)46-37-35-31(47-38(49-37)36(42)43)18-24(19-45-35)21-51-16-4-5-17-51)28-9-6-10-29(34(28)41)32-20-44-33(39(48-32)54-3)22-50(2)26-14-12-25(13-15-26)40(52)53/h6-11,18-20,25-26,36H,4-5,12-17,21-22H2,1-3H3,(H,52,53)(H,46,47,49). The number of nitrogens with one attached hydrogen (secondary N) is 1. The van der Waals surface area contributed by atoms with Gasteiger partial charge in [0.2, 0.25) is 5.88 Å². The molecule has 2 fully saturated rings. The molecule has 0 amide bonds. The van der Waals surface area contributed by atoms with Crippen LogP contribution in [0.5, 0.6) is 5.88 Å². The molecule has 3 aromatic heterocycles. The molecule has 1 aliphatic heterocycles. The SMILES string of the molecule is COc1nc(-c2cccc(-c3cccc(Nc4nc(C(F)F)nc5cc(CN6CCCC6)cnc45)c3C)c2Cl)cnc1CN(C)C1CCC(C(=O)O)CC1. The van der Waals surface area contributed by atoms with E-state index in [-0.39, 0.29) is 17.8 Å². The van der Waals surface area contributed by atoms with Crippen LogP contribution in [0.25, 0.3) is 33.4 Å². The van der Waals surface area contributed by atoms with Crippen LogP contribution in [0, 0.1) is 12.8 Å². The first-order chi connectivity index (χ1) is 26.1. The van der Waals surface area contributed by atoms with Gasteiger partial charge in [0, 0.05) is 42.1 Å². The lowest BCUT2D eigenvalue weighted by Gasteiger charge is -2.33. The number of carboxylic acid groups (broad SMARTS) is 1. The number of methoxy groups -OCH3 is 1. The van der Waals surface area contributed by atoms with E-state index in [0.29, 0.717) is 70.5 Å². The number of hydrogen-bond donors (Lipinski definition) is 2. The lowest BCUT2D eigenvalue weighted by atomic mass is 9.85. The smallest absolute Gasteiger partial charge is 0.306 e. The fourth-order valence-corrected chi connectivity index (χ4v) is 7.93. The molecular formula is C40H43ClF2N8O3. The van der Waals surface area contributed by atoms with Gasteiger partial charge in [-0.1, -0.05) is 41.9 Å². The zero-order valence-corrected chi connectivity index (χ0v) is 31.3. The molecule has 0 spiro atoms. The number of aromatic nitrogens is 5. The number of rotatable bonds is 12. The van der Waals surface area contributed by atoms with Crippen molar-refractivity contribution in [2.24, 2.45) is 5.92 Å². The number of halogens is 3. The Labute approximate surface area is 317 Å². The number of likely N-dealkylation sites (tertiary alicyclic amines) is 1. The van der Waals surface area contributed by atoms with E-state index in [4.69, 9.17) is 26.3 Å². The predicted octanol–water partition coefficient (Wildman–Crippen LogP) is 8.47. The molecule has 2 N–H and O–H groups in total. The van der Waals surface area contributed by atoms with Crippen molar-refractivity contribution in [1.29, 1.82) is 0 Å². The van der Waals surface area contributed by atoms with E-state index >= 15 is 0 Å². The minimum absolute atomic E-state index is 0.198. The molecule has 11 nitrogen and oxygen atoms in total. The summed E-state index contributed by atoms with van der Waals surface area (Å²) in [7, 11) is 3.57. The summed E-state index contributed by atoms with van der Waals surface area (Å²) < 4.78 is 33.8. The van der Waals surface area contributed by atoms with Gasteiger partial charge in [0.15, 0.2) is 11.6 Å². The number of carbonyl (C=O) groups is 1. The quantitative estimate of drug-likeness (QED) is 0.127. The van der Waals surface area contributed by atoms with Crippen molar-refractivity contribution in [3.63, 3.8) is 0 Å². The summed E-state index contributed by atoms with van der Waals surface area (Å²) in [5.41, 5.74) is 6.64. The van der Waals surface area contributed by atoms with Crippen LogP contribution in [0.4, 0.5) is 20.3 Å². The average Bonchev–Trinajstić information content (AvgIpc) is 3.69. The predicted molar refractivity (Wildman–Crippen MR) is 204 cm³/mol. The molecule has 7 rings (SSSR count). The van der Waals surface area contributed by atoms with Crippen LogP contribution in [-0.2, 0) is 17.9 Å². The number of ether oxygens (including phenoxy) is 1. The summed E-state index contributed by atoms with van der Waals surface area (Å²) in [6, 6.07) is 13.4. The molecule has 14 heteroatoms. The summed E-state index contributed by atoms with van der Waals surface area (Å²) >= 11 is 7.13. The molecule has 5 aromatic rings. The summed E-state index contributed by atoms with van der Waals surface area (Å²) in [5, 5.41) is 13.1. The maximum Gasteiger partial charge on any atom is 0.306 e. The van der Waals surface area contributed by atoms with Gasteiger partial charge in [-0.05, 0) is 94.4 Å². The van der Waals surface area contributed by atoms with Crippen LogP contribution in [0.2, 0.25) is 5.02 Å². The zero-order valence-electron chi connectivity index (χ0n) is 30.5. The third-order valence-corrected chi connectivity index (χ3v) is 11.0. The summed E-state index contributed by atoms with van der Waals surface area (Å²) in [5.74, 6) is -0.973. The molecule has 0 unspecified atom stereocenters. The number of alkyl halides is 2. The third kappa shape index (κ3) is 7.98. The highest BCUT2D eigenvalue weighted by molar-refractivity contribution is 6.36. The Bertz CT molecular complexity index is 2160. The molecule has 0 radical (unpaired) electrons. The molecule has 2 aromatic carbocycles. The minimum atomic E-state index is -2.85. The summed E-state index contributed by atoms with van der Waals surface area (Å²) in [4.78, 5) is 38.4. The largest absolute Gasteiger partial charge is 0.481 e. The van der Waals surface area contributed by atoms with E-state index in [9.17, 15) is 18.7 Å². The second kappa shape index (κ2) is 16.3. The number of carboxylic acids is 1. The minimum Gasteiger partial charge on any atom is -0.481 e. The zero-order chi connectivity index (χ0) is 37.9. The number of nitrogens with zero attached hydrogens (tertiary/aromatic N) is 7. The van der Waals surface area contributed by atoms with Crippen molar-refractivity contribution < 1.29 is 23.4 Å². The van der Waals surface area contributed by atoms with Crippen molar-refractivity contribution >= 4 is 40.1 Å². The van der Waals surface area contributed by atoms with Crippen molar-refractivity contribution in [3.05, 3.63) is 82.5 Å². The second-order valence-electron chi connectivity index (χ2n) is 14.2. The fraction of sp³-hybridized carbons (Fsp3) is 0.400. The number of pyridine rings is 1. The Morgan fingerprint density at radius 1 is 1.02 bits per heavy atom. The van der Waals surface area contributed by atoms with E-state index < -0.39 is 18.2 Å². The Morgan fingerprint density at radius 2 is 1.74 bits per heavy atom. The van der Waals surface area contributed by atoms with Crippen LogP contribution in [0.1, 0.15) is 67.6 Å². The highest BCUT2D eigenvalue weighted by Gasteiger charge is 2.29. The van der Waals surface area contributed by atoms with Crippen LogP contribution in [-0.4, -0.2) is 79.1 Å². The Kier molecular flexibility index (Phi) is 11.3. The molecule has 0 atom stereocenters. The maximum atomic E-state index is 14.0. The van der Waals surface area contributed by atoms with Gasteiger partial charge in [-0.2, -0.15) is 0 Å². The van der Waals surface area contributed by atoms with E-state index in [1.54, 1.807) is 19.5 Å². The van der Waals surface area contributed by atoms with Crippen LogP contribution < -0.4 is 10.1 Å². The lowest BCUT2D eigenvalue weighted by molar-refractivity contribution is -0.143. The van der Waals surface area contributed by atoms with Gasteiger partial charge in [-0.3, -0.25) is 24.6 Å². The lowest BCUT2D eigenvalue weighted by Crippen LogP contribution is -2.36. The Hall–Kier alpha value is -4.85. The highest BCUT2D eigenvalue weighted by Crippen LogP contribution is 2.40. The second-order valence-corrected chi connectivity index (χ2v) is 14.5. The molecule has 54 heavy (non-hydrogen) atoms. The van der Waals surface area contributed by atoms with Gasteiger partial charge in [0.05, 0.1) is 35.5 Å². The van der Waals surface area contributed by atoms with Crippen LogP contribution >= 0.6 is 11.6 Å². The van der Waals surface area contributed by atoms with E-state index in [1.165, 1.54) is 0 Å². The van der Waals surface area contributed by atoms with Crippen molar-refractivity contribution in [2.45, 2.75) is 71.0 Å². The number of aliphatic carboxylic acids is 1. The van der Waals surface area contributed by atoms with Gasteiger partial charge >= 0.3 is 5.97 Å². The van der Waals surface area contributed by atoms with Crippen LogP contribution in [0.15, 0.2) is 54.9 Å². The molecule has 1 saturated heterocycles. The monoisotopic (exact) mass is 756 g/mol. The third-order valence-electron chi connectivity index (χ3n) is 10.6. The summed E-state index contributed by atoms with van der Waals surface area (Å²) in [6.45, 7) is 5.14. The molecule has 0 bridgehead atoms. The average molecular weight is 757 g/mol. The van der Waals surface area contributed by atoms with Crippen molar-refractivity contribution in [3.8, 4) is 28.3 Å². The number of fused-ring (bicyclic) bond motifs is 1. The molecule has 1 aliphatic carbocycles.